The molecule has 1 aromatic carbocycles. The highest BCUT2D eigenvalue weighted by atomic mass is 19.1. The molecule has 0 radical (unpaired) electrons. The molecule has 1 heteroatoms. The van der Waals surface area contributed by atoms with E-state index in [0.717, 1.165) is 30.4 Å². The minimum absolute atomic E-state index is 0.0611. The van der Waals surface area contributed by atoms with E-state index in [1.807, 2.05) is 19.1 Å². The molecule has 12 heavy (non-hydrogen) atoms. The zero-order valence-electron chi connectivity index (χ0n) is 7.73. The first kappa shape index (κ1) is 9.24. The van der Waals surface area contributed by atoms with E-state index in [-0.39, 0.29) is 5.82 Å². The van der Waals surface area contributed by atoms with Crippen LogP contribution in [0.25, 0.3) is 0 Å². The fourth-order valence-electron chi connectivity index (χ4n) is 1.26. The monoisotopic (exact) mass is 166 g/mol. The van der Waals surface area contributed by atoms with Gasteiger partial charge in [-0.15, -0.1) is 0 Å². The highest BCUT2D eigenvalue weighted by molar-refractivity contribution is 5.24. The zero-order valence-corrected chi connectivity index (χ0v) is 7.73. The molecule has 0 atom stereocenters. The van der Waals surface area contributed by atoms with Crippen molar-refractivity contribution in [1.82, 2.24) is 0 Å². The smallest absolute Gasteiger partial charge is 0.126 e. The zero-order chi connectivity index (χ0) is 8.97. The molecule has 0 saturated heterocycles. The SMILES string of the molecule is CCCCc1cc(C)ccc1F. The normalized spacial score (nSPS) is 10.2. The largest absolute Gasteiger partial charge is 0.207 e. The van der Waals surface area contributed by atoms with Crippen molar-refractivity contribution in [2.45, 2.75) is 33.1 Å². The van der Waals surface area contributed by atoms with Gasteiger partial charge in [0.05, 0.1) is 0 Å². The Kier molecular flexibility index (Phi) is 3.27. The molecule has 0 bridgehead atoms. The maximum absolute atomic E-state index is 13.1. The van der Waals surface area contributed by atoms with E-state index >= 15 is 0 Å². The Balaban J connectivity index is 2.75. The molecule has 0 amide bonds. The summed E-state index contributed by atoms with van der Waals surface area (Å²) in [5.41, 5.74) is 2.00. The molecule has 0 aliphatic heterocycles. The van der Waals surface area contributed by atoms with E-state index in [1.165, 1.54) is 0 Å². The molecule has 1 rings (SSSR count). The predicted octanol–water partition coefficient (Wildman–Crippen LogP) is 3.48. The van der Waals surface area contributed by atoms with Gasteiger partial charge in [-0.25, -0.2) is 4.39 Å². The molecule has 66 valence electrons. The second kappa shape index (κ2) is 4.24. The summed E-state index contributed by atoms with van der Waals surface area (Å²) in [6.07, 6.45) is 3.05. The van der Waals surface area contributed by atoms with Crippen LogP contribution in [0.5, 0.6) is 0 Å². The van der Waals surface area contributed by atoms with Crippen molar-refractivity contribution in [2.75, 3.05) is 0 Å². The van der Waals surface area contributed by atoms with Gasteiger partial charge < -0.3 is 0 Å². The van der Waals surface area contributed by atoms with Gasteiger partial charge in [-0.1, -0.05) is 31.0 Å². The van der Waals surface area contributed by atoms with E-state index in [1.54, 1.807) is 6.07 Å². The first-order chi connectivity index (χ1) is 5.74. The van der Waals surface area contributed by atoms with Gasteiger partial charge in [-0.05, 0) is 31.4 Å². The fourth-order valence-corrected chi connectivity index (χ4v) is 1.26. The van der Waals surface area contributed by atoms with Gasteiger partial charge in [0, 0.05) is 0 Å². The number of unbranched alkanes of at least 4 members (excludes halogenated alkanes) is 1. The minimum Gasteiger partial charge on any atom is -0.207 e. The van der Waals surface area contributed by atoms with Crippen LogP contribution < -0.4 is 0 Å². The van der Waals surface area contributed by atoms with E-state index < -0.39 is 0 Å². The first-order valence-corrected chi connectivity index (χ1v) is 4.49. The summed E-state index contributed by atoms with van der Waals surface area (Å²) in [4.78, 5) is 0. The molecule has 0 saturated carbocycles. The van der Waals surface area contributed by atoms with Crippen LogP contribution in [0.2, 0.25) is 0 Å². The van der Waals surface area contributed by atoms with Gasteiger partial charge in [0.2, 0.25) is 0 Å². The van der Waals surface area contributed by atoms with Crippen LogP contribution in [-0.2, 0) is 6.42 Å². The third kappa shape index (κ3) is 2.33. The van der Waals surface area contributed by atoms with Crippen LogP contribution in [0.3, 0.4) is 0 Å². The second-order valence-corrected chi connectivity index (χ2v) is 3.20. The highest BCUT2D eigenvalue weighted by Gasteiger charge is 2.00. The Morgan fingerprint density at radius 1 is 1.33 bits per heavy atom. The summed E-state index contributed by atoms with van der Waals surface area (Å²) in [5.74, 6) is -0.0611. The van der Waals surface area contributed by atoms with Crippen molar-refractivity contribution in [1.29, 1.82) is 0 Å². The third-order valence-electron chi connectivity index (χ3n) is 2.00. The molecule has 0 unspecified atom stereocenters. The maximum Gasteiger partial charge on any atom is 0.126 e. The standard InChI is InChI=1S/C11H15F/c1-3-4-5-10-8-9(2)6-7-11(10)12/h6-8H,3-5H2,1-2H3. The van der Waals surface area contributed by atoms with Crippen molar-refractivity contribution >= 4 is 0 Å². The fraction of sp³-hybridized carbons (Fsp3) is 0.455. The highest BCUT2D eigenvalue weighted by Crippen LogP contribution is 2.12. The molecule has 0 fully saturated rings. The third-order valence-corrected chi connectivity index (χ3v) is 2.00. The topological polar surface area (TPSA) is 0 Å². The summed E-state index contributed by atoms with van der Waals surface area (Å²) in [7, 11) is 0. The Morgan fingerprint density at radius 3 is 2.75 bits per heavy atom. The number of rotatable bonds is 3. The second-order valence-electron chi connectivity index (χ2n) is 3.20. The number of aryl methyl sites for hydroxylation is 2. The molecule has 0 heterocycles. The van der Waals surface area contributed by atoms with E-state index in [0.29, 0.717) is 0 Å². The summed E-state index contributed by atoms with van der Waals surface area (Å²) in [6, 6.07) is 5.30. The maximum atomic E-state index is 13.1. The molecule has 0 spiro atoms. The Labute approximate surface area is 73.4 Å². The van der Waals surface area contributed by atoms with Gasteiger partial charge in [0.15, 0.2) is 0 Å². The molecule has 0 aromatic heterocycles. The predicted molar refractivity (Wildman–Crippen MR) is 49.7 cm³/mol. The average Bonchev–Trinajstić information content (AvgIpc) is 2.07. The van der Waals surface area contributed by atoms with E-state index in [4.69, 9.17) is 0 Å². The number of hydrogen-bond acceptors (Lipinski definition) is 0. The molecule has 0 N–H and O–H groups in total. The summed E-state index contributed by atoms with van der Waals surface area (Å²) in [5, 5.41) is 0. The van der Waals surface area contributed by atoms with Gasteiger partial charge in [-0.2, -0.15) is 0 Å². The van der Waals surface area contributed by atoms with Crippen LogP contribution in [0.4, 0.5) is 4.39 Å². The lowest BCUT2D eigenvalue weighted by Gasteiger charge is -2.02. The molecule has 0 aliphatic carbocycles. The van der Waals surface area contributed by atoms with E-state index in [9.17, 15) is 4.39 Å². The summed E-state index contributed by atoms with van der Waals surface area (Å²) in [6.45, 7) is 4.11. The lowest BCUT2D eigenvalue weighted by Crippen LogP contribution is -1.90. The van der Waals surface area contributed by atoms with Gasteiger partial charge in [0.25, 0.3) is 0 Å². The van der Waals surface area contributed by atoms with Crippen LogP contribution >= 0.6 is 0 Å². The number of benzene rings is 1. The number of halogens is 1. The lowest BCUT2D eigenvalue weighted by molar-refractivity contribution is 0.602. The van der Waals surface area contributed by atoms with Crippen LogP contribution in [0.1, 0.15) is 30.9 Å². The molecule has 0 nitrogen and oxygen atoms in total. The Hall–Kier alpha value is -0.850. The number of hydrogen-bond donors (Lipinski definition) is 0. The Morgan fingerprint density at radius 2 is 2.08 bits per heavy atom. The van der Waals surface area contributed by atoms with Crippen LogP contribution in [0, 0.1) is 12.7 Å². The minimum atomic E-state index is -0.0611. The van der Waals surface area contributed by atoms with Crippen molar-refractivity contribution in [3.05, 3.63) is 35.1 Å². The van der Waals surface area contributed by atoms with Gasteiger partial charge >= 0.3 is 0 Å². The van der Waals surface area contributed by atoms with Crippen molar-refractivity contribution in [3.63, 3.8) is 0 Å². The summed E-state index contributed by atoms with van der Waals surface area (Å²) >= 11 is 0. The van der Waals surface area contributed by atoms with Gasteiger partial charge in [0.1, 0.15) is 5.82 Å². The average molecular weight is 166 g/mol. The Bertz CT molecular complexity index is 253. The molecular weight excluding hydrogens is 151 g/mol. The van der Waals surface area contributed by atoms with Crippen molar-refractivity contribution in [2.24, 2.45) is 0 Å². The summed E-state index contributed by atoms with van der Waals surface area (Å²) < 4.78 is 13.1. The van der Waals surface area contributed by atoms with Crippen LogP contribution in [-0.4, -0.2) is 0 Å². The van der Waals surface area contributed by atoms with Crippen molar-refractivity contribution < 1.29 is 4.39 Å². The van der Waals surface area contributed by atoms with E-state index in [2.05, 4.69) is 6.92 Å². The molecular formula is C11H15F. The lowest BCUT2D eigenvalue weighted by atomic mass is 10.1. The van der Waals surface area contributed by atoms with Crippen molar-refractivity contribution in [3.8, 4) is 0 Å². The quantitative estimate of drug-likeness (QED) is 0.645. The molecule has 0 aliphatic rings. The first-order valence-electron chi connectivity index (χ1n) is 4.49. The van der Waals surface area contributed by atoms with Crippen LogP contribution in [0.15, 0.2) is 18.2 Å². The molecule has 1 aromatic rings. The van der Waals surface area contributed by atoms with Gasteiger partial charge in [-0.3, -0.25) is 0 Å².